The van der Waals surface area contributed by atoms with Crippen molar-refractivity contribution in [2.45, 2.75) is 24.8 Å². The third-order valence-corrected chi connectivity index (χ3v) is 6.22. The summed E-state index contributed by atoms with van der Waals surface area (Å²) >= 11 is 1.62. The van der Waals surface area contributed by atoms with Crippen LogP contribution in [0.25, 0.3) is 0 Å². The summed E-state index contributed by atoms with van der Waals surface area (Å²) in [5.74, 6) is 0.0170. The van der Waals surface area contributed by atoms with Crippen LogP contribution in [0.1, 0.15) is 27.6 Å². The zero-order chi connectivity index (χ0) is 20.7. The molecule has 0 radical (unpaired) electrons. The second-order valence-electron chi connectivity index (χ2n) is 6.97. The molecule has 29 heavy (non-hydrogen) atoms. The van der Waals surface area contributed by atoms with Crippen LogP contribution in [0.4, 0.5) is 4.79 Å². The quantitative estimate of drug-likeness (QED) is 0.568. The lowest BCUT2D eigenvalue weighted by molar-refractivity contribution is 0.236. The highest BCUT2D eigenvalue weighted by Gasteiger charge is 2.16. The van der Waals surface area contributed by atoms with E-state index in [1.807, 2.05) is 47.8 Å². The molecule has 3 rings (SSSR count). The van der Waals surface area contributed by atoms with E-state index >= 15 is 0 Å². The summed E-state index contributed by atoms with van der Waals surface area (Å²) in [6, 6.07) is 21.0. The highest BCUT2D eigenvalue weighted by atomic mass is 32.2. The lowest BCUT2D eigenvalue weighted by atomic mass is 10.0. The van der Waals surface area contributed by atoms with Gasteiger partial charge in [0.2, 0.25) is 0 Å². The topological polar surface area (TPSA) is 75.3 Å². The van der Waals surface area contributed by atoms with Gasteiger partial charge in [-0.25, -0.2) is 13.2 Å². The van der Waals surface area contributed by atoms with Gasteiger partial charge in [-0.2, -0.15) is 0 Å². The van der Waals surface area contributed by atoms with Gasteiger partial charge in [-0.3, -0.25) is 0 Å². The van der Waals surface area contributed by atoms with Gasteiger partial charge in [0.25, 0.3) is 0 Å². The van der Waals surface area contributed by atoms with Crippen molar-refractivity contribution in [1.82, 2.24) is 10.6 Å². The highest BCUT2D eigenvalue weighted by Crippen LogP contribution is 2.23. The van der Waals surface area contributed by atoms with Crippen molar-refractivity contribution in [3.63, 3.8) is 0 Å². The van der Waals surface area contributed by atoms with E-state index in [0.29, 0.717) is 6.54 Å². The van der Waals surface area contributed by atoms with Crippen molar-refractivity contribution in [2.75, 3.05) is 6.26 Å². The Labute approximate surface area is 175 Å². The number of sulfone groups is 1. The van der Waals surface area contributed by atoms with Gasteiger partial charge < -0.3 is 10.6 Å². The molecule has 7 heteroatoms. The van der Waals surface area contributed by atoms with E-state index in [1.54, 1.807) is 23.5 Å². The first kappa shape index (κ1) is 21.1. The van der Waals surface area contributed by atoms with Crippen molar-refractivity contribution in [3.8, 4) is 0 Å². The first-order valence-electron chi connectivity index (χ1n) is 9.26. The molecule has 5 nitrogen and oxygen atoms in total. The first-order chi connectivity index (χ1) is 13.9. The summed E-state index contributed by atoms with van der Waals surface area (Å²) < 4.78 is 22.7. The number of benzene rings is 2. The Morgan fingerprint density at radius 3 is 2.24 bits per heavy atom. The fraction of sp³-hybridized carbons (Fsp3) is 0.227. The molecule has 0 aliphatic rings. The molecule has 0 aliphatic carbocycles. The van der Waals surface area contributed by atoms with Crippen LogP contribution in [0.2, 0.25) is 0 Å². The second-order valence-corrected chi connectivity index (χ2v) is 10.1. The fourth-order valence-corrected chi connectivity index (χ4v) is 4.59. The third kappa shape index (κ3) is 7.03. The van der Waals surface area contributed by atoms with Gasteiger partial charge in [0.1, 0.15) is 0 Å². The molecule has 2 N–H and O–H groups in total. The minimum absolute atomic E-state index is 0.0170. The Balaban J connectivity index is 1.57. The molecule has 1 unspecified atom stereocenters. The Hall–Kier alpha value is -2.64. The lowest BCUT2D eigenvalue weighted by Crippen LogP contribution is -2.38. The number of nitrogens with one attached hydrogen (secondary N) is 2. The zero-order valence-electron chi connectivity index (χ0n) is 16.2. The third-order valence-electron chi connectivity index (χ3n) is 4.38. The molecule has 152 valence electrons. The molecule has 3 aromatic rings. The van der Waals surface area contributed by atoms with E-state index in [4.69, 9.17) is 0 Å². The molecule has 1 heterocycles. The van der Waals surface area contributed by atoms with Gasteiger partial charge in [-0.15, -0.1) is 11.3 Å². The summed E-state index contributed by atoms with van der Waals surface area (Å²) in [5, 5.41) is 7.95. The molecule has 1 aromatic heterocycles. The molecule has 0 saturated heterocycles. The normalized spacial score (nSPS) is 12.3. The second kappa shape index (κ2) is 9.71. The summed E-state index contributed by atoms with van der Waals surface area (Å²) in [4.78, 5) is 13.6. The van der Waals surface area contributed by atoms with E-state index in [-0.39, 0.29) is 17.8 Å². The Kier molecular flexibility index (Phi) is 7.06. The fourth-order valence-electron chi connectivity index (χ4n) is 3.01. The summed E-state index contributed by atoms with van der Waals surface area (Å²) in [6.45, 7) is 0.369. The molecule has 0 aliphatic heterocycles. The monoisotopic (exact) mass is 428 g/mol. The standard InChI is InChI=1S/C22H24N2O3S2/c1-29(26,27)16-19-11-9-18(10-12-19)15-23-22(25)24-20(21-8-5-13-28-21)14-17-6-3-2-4-7-17/h2-13,20H,14-16H2,1H3,(H2,23,24,25). The van der Waals surface area contributed by atoms with Gasteiger partial charge in [0, 0.05) is 17.7 Å². The zero-order valence-corrected chi connectivity index (χ0v) is 17.8. The molecule has 0 saturated carbocycles. The van der Waals surface area contributed by atoms with Crippen LogP contribution in [0.15, 0.2) is 72.1 Å². The number of carbonyl (C=O) groups is 1. The lowest BCUT2D eigenvalue weighted by Gasteiger charge is -2.18. The average Bonchev–Trinajstić information content (AvgIpc) is 3.21. The maximum absolute atomic E-state index is 12.5. The van der Waals surface area contributed by atoms with Crippen molar-refractivity contribution < 1.29 is 13.2 Å². The van der Waals surface area contributed by atoms with Crippen LogP contribution in [0, 0.1) is 0 Å². The Morgan fingerprint density at radius 2 is 1.62 bits per heavy atom. The molecule has 0 bridgehead atoms. The molecule has 2 aromatic carbocycles. The molecule has 0 spiro atoms. The van der Waals surface area contributed by atoms with Gasteiger partial charge in [0.15, 0.2) is 9.84 Å². The molecule has 0 fully saturated rings. The maximum Gasteiger partial charge on any atom is 0.315 e. The average molecular weight is 429 g/mol. The largest absolute Gasteiger partial charge is 0.334 e. The molecular weight excluding hydrogens is 404 g/mol. The van der Waals surface area contributed by atoms with Crippen molar-refractivity contribution in [1.29, 1.82) is 0 Å². The van der Waals surface area contributed by atoms with Crippen LogP contribution < -0.4 is 10.6 Å². The number of thiophene rings is 1. The van der Waals surface area contributed by atoms with Crippen LogP contribution in [0.5, 0.6) is 0 Å². The highest BCUT2D eigenvalue weighted by molar-refractivity contribution is 7.89. The van der Waals surface area contributed by atoms with Gasteiger partial charge in [-0.05, 0) is 34.6 Å². The van der Waals surface area contributed by atoms with E-state index in [2.05, 4.69) is 22.8 Å². The van der Waals surface area contributed by atoms with Crippen LogP contribution in [-0.2, 0) is 28.6 Å². The van der Waals surface area contributed by atoms with Gasteiger partial charge in [-0.1, -0.05) is 60.7 Å². The first-order valence-corrected chi connectivity index (χ1v) is 12.2. The van der Waals surface area contributed by atoms with Crippen LogP contribution in [-0.4, -0.2) is 20.7 Å². The summed E-state index contributed by atoms with van der Waals surface area (Å²) in [6.07, 6.45) is 1.93. The minimum atomic E-state index is -3.06. The number of carbonyl (C=O) groups excluding carboxylic acids is 1. The molecular formula is C22H24N2O3S2. The number of amides is 2. The van der Waals surface area contributed by atoms with E-state index in [1.165, 1.54) is 6.26 Å². The van der Waals surface area contributed by atoms with Crippen LogP contribution >= 0.6 is 11.3 Å². The predicted octanol–water partition coefficient (Wildman–Crippen LogP) is 4.08. The smallest absolute Gasteiger partial charge is 0.315 e. The Bertz CT molecular complexity index is 1020. The summed E-state index contributed by atoms with van der Waals surface area (Å²) in [7, 11) is -3.06. The summed E-state index contributed by atoms with van der Waals surface area (Å²) in [5.41, 5.74) is 2.81. The molecule has 1 atom stereocenters. The van der Waals surface area contributed by atoms with Gasteiger partial charge in [0.05, 0.1) is 11.8 Å². The number of hydrogen-bond acceptors (Lipinski definition) is 4. The predicted molar refractivity (Wildman–Crippen MR) is 118 cm³/mol. The number of urea groups is 1. The SMILES string of the molecule is CS(=O)(=O)Cc1ccc(CNC(=O)NC(Cc2ccccc2)c2cccs2)cc1. The molecule has 2 amide bonds. The Morgan fingerprint density at radius 1 is 0.931 bits per heavy atom. The van der Waals surface area contributed by atoms with Crippen LogP contribution in [0.3, 0.4) is 0 Å². The van der Waals surface area contributed by atoms with Crippen molar-refractivity contribution in [2.24, 2.45) is 0 Å². The minimum Gasteiger partial charge on any atom is -0.334 e. The van der Waals surface area contributed by atoms with E-state index < -0.39 is 9.84 Å². The van der Waals surface area contributed by atoms with Gasteiger partial charge >= 0.3 is 6.03 Å². The number of rotatable bonds is 8. The number of hydrogen-bond donors (Lipinski definition) is 2. The van der Waals surface area contributed by atoms with Crippen molar-refractivity contribution >= 4 is 27.2 Å². The van der Waals surface area contributed by atoms with E-state index in [9.17, 15) is 13.2 Å². The van der Waals surface area contributed by atoms with E-state index in [0.717, 1.165) is 28.0 Å². The maximum atomic E-state index is 12.5. The van der Waals surface area contributed by atoms with Crippen molar-refractivity contribution in [3.05, 3.63) is 93.7 Å².